The minimum atomic E-state index is -4.35. The molecule has 0 aliphatic carbocycles. The van der Waals surface area contributed by atoms with E-state index in [0.29, 0.717) is 5.52 Å². The van der Waals surface area contributed by atoms with Crippen molar-refractivity contribution < 1.29 is 27.8 Å². The summed E-state index contributed by atoms with van der Waals surface area (Å²) >= 11 is 0. The van der Waals surface area contributed by atoms with E-state index in [1.807, 2.05) is 0 Å². The molecule has 0 aliphatic rings. The number of primary amides is 1. The van der Waals surface area contributed by atoms with E-state index in [0.717, 1.165) is 0 Å². The number of hydrogen-bond acceptors (Lipinski definition) is 4. The minimum absolute atomic E-state index is 0.109. The number of alkyl halides is 3. The molecule has 0 spiro atoms. The number of halogens is 3. The third-order valence-electron chi connectivity index (χ3n) is 3.23. The number of nitrogens with two attached hydrogens (primary N) is 1. The molecule has 0 aliphatic heterocycles. The summed E-state index contributed by atoms with van der Waals surface area (Å²) in [7, 11) is 0. The van der Waals surface area contributed by atoms with E-state index in [1.165, 1.54) is 36.7 Å². The van der Waals surface area contributed by atoms with Gasteiger partial charge in [-0.25, -0.2) is 4.52 Å². The topological polar surface area (TPSA) is 89.9 Å². The Labute approximate surface area is 136 Å². The number of hydrogen-bond donors (Lipinski definition) is 2. The molecule has 0 bridgehead atoms. The number of amides is 1. The lowest BCUT2D eigenvalue weighted by molar-refractivity contribution is -0.134. The number of rotatable bonds is 6. The fourth-order valence-corrected chi connectivity index (χ4v) is 2.15. The Morgan fingerprint density at radius 2 is 2.04 bits per heavy atom. The van der Waals surface area contributed by atoms with Gasteiger partial charge in [-0.1, -0.05) is 0 Å². The normalized spacial score (nSPS) is 12.6. The van der Waals surface area contributed by atoms with Crippen LogP contribution in [-0.4, -0.2) is 39.0 Å². The summed E-state index contributed by atoms with van der Waals surface area (Å²) in [6.45, 7) is 2.92. The van der Waals surface area contributed by atoms with Crippen LogP contribution in [0.25, 0.3) is 5.52 Å². The molecule has 0 saturated heterocycles. The lowest BCUT2D eigenvalue weighted by atomic mass is 10.1. The average Bonchev–Trinajstić information content (AvgIpc) is 2.85. The van der Waals surface area contributed by atoms with Crippen LogP contribution in [0.5, 0.6) is 5.75 Å². The number of carbonyl (C=O) groups is 1. The molecule has 132 valence electrons. The molecule has 0 aromatic carbocycles. The van der Waals surface area contributed by atoms with Crippen molar-refractivity contribution in [2.24, 2.45) is 5.73 Å². The molecule has 1 amide bonds. The highest BCUT2D eigenvalue weighted by Gasteiger charge is 2.28. The third-order valence-corrected chi connectivity index (χ3v) is 3.23. The summed E-state index contributed by atoms with van der Waals surface area (Å²) in [6.07, 6.45) is -4.61. The Bertz CT molecular complexity index is 748. The second-order valence-electron chi connectivity index (χ2n) is 6.08. The smallest absolute Gasteiger partial charge is 0.389 e. The summed E-state index contributed by atoms with van der Waals surface area (Å²) in [4.78, 5) is 11.4. The van der Waals surface area contributed by atoms with E-state index in [-0.39, 0.29) is 30.0 Å². The molecular formula is C15H18F3N3O3. The molecule has 24 heavy (non-hydrogen) atoms. The second-order valence-corrected chi connectivity index (χ2v) is 6.08. The van der Waals surface area contributed by atoms with Gasteiger partial charge >= 0.3 is 6.18 Å². The number of aromatic nitrogens is 2. The maximum Gasteiger partial charge on any atom is 0.389 e. The Kier molecular flexibility index (Phi) is 4.75. The van der Waals surface area contributed by atoms with Crippen LogP contribution in [0.4, 0.5) is 13.2 Å². The van der Waals surface area contributed by atoms with Crippen LogP contribution < -0.4 is 10.5 Å². The van der Waals surface area contributed by atoms with Crippen molar-refractivity contribution in [1.29, 1.82) is 0 Å². The molecule has 2 aromatic heterocycles. The van der Waals surface area contributed by atoms with Crippen molar-refractivity contribution in [3.63, 3.8) is 0 Å². The standard InChI is InChI=1S/C15H18F3N3O3/c1-14(2,23)8-24-12-4-3-10-9(13(19)22)7-20-21(10)11(12)5-6-15(16,17)18/h3-4,7,23H,5-6,8H2,1-2H3,(H2,19,22). The van der Waals surface area contributed by atoms with E-state index in [9.17, 15) is 23.1 Å². The SMILES string of the molecule is CC(C)(O)COc1ccc2c(C(N)=O)cnn2c1CCC(F)(F)F. The molecule has 9 heteroatoms. The fourth-order valence-electron chi connectivity index (χ4n) is 2.15. The van der Waals surface area contributed by atoms with Crippen LogP contribution in [-0.2, 0) is 6.42 Å². The minimum Gasteiger partial charge on any atom is -0.489 e. The van der Waals surface area contributed by atoms with Crippen molar-refractivity contribution in [3.05, 3.63) is 29.6 Å². The van der Waals surface area contributed by atoms with Crippen molar-refractivity contribution in [2.45, 2.75) is 38.5 Å². The summed E-state index contributed by atoms with van der Waals surface area (Å²) in [5, 5.41) is 13.7. The lowest BCUT2D eigenvalue weighted by Crippen LogP contribution is -2.28. The first-order valence-corrected chi connectivity index (χ1v) is 7.19. The first-order chi connectivity index (χ1) is 11.0. The summed E-state index contributed by atoms with van der Waals surface area (Å²) < 4.78 is 44.5. The van der Waals surface area contributed by atoms with Gasteiger partial charge in [0.25, 0.3) is 5.91 Å². The average molecular weight is 345 g/mol. The monoisotopic (exact) mass is 345 g/mol. The van der Waals surface area contributed by atoms with E-state index >= 15 is 0 Å². The second kappa shape index (κ2) is 6.31. The predicted octanol–water partition coefficient (Wildman–Crippen LogP) is 2.08. The van der Waals surface area contributed by atoms with Crippen LogP contribution in [0.3, 0.4) is 0 Å². The molecule has 2 heterocycles. The fraction of sp³-hybridized carbons (Fsp3) is 0.467. The zero-order chi connectivity index (χ0) is 18.1. The van der Waals surface area contributed by atoms with Gasteiger partial charge in [-0.3, -0.25) is 4.79 Å². The molecule has 0 unspecified atom stereocenters. The number of nitrogens with zero attached hydrogens (tertiary/aromatic N) is 2. The first kappa shape index (κ1) is 18.1. The van der Waals surface area contributed by atoms with E-state index < -0.39 is 24.1 Å². The molecule has 0 atom stereocenters. The first-order valence-electron chi connectivity index (χ1n) is 7.19. The molecule has 0 radical (unpaired) electrons. The van der Waals surface area contributed by atoms with Gasteiger partial charge < -0.3 is 15.6 Å². The van der Waals surface area contributed by atoms with E-state index in [2.05, 4.69) is 5.10 Å². The molecule has 0 saturated carbocycles. The van der Waals surface area contributed by atoms with Crippen LogP contribution in [0, 0.1) is 0 Å². The van der Waals surface area contributed by atoms with Gasteiger partial charge in [-0.2, -0.15) is 18.3 Å². The van der Waals surface area contributed by atoms with Gasteiger partial charge in [-0.05, 0) is 26.0 Å². The maximum atomic E-state index is 12.6. The van der Waals surface area contributed by atoms with Gasteiger partial charge in [0.1, 0.15) is 12.4 Å². The Morgan fingerprint density at radius 3 is 2.58 bits per heavy atom. The van der Waals surface area contributed by atoms with Crippen LogP contribution in [0.15, 0.2) is 18.3 Å². The predicted molar refractivity (Wildman–Crippen MR) is 79.9 cm³/mol. The number of aliphatic hydroxyl groups is 1. The molecule has 2 rings (SSSR count). The van der Waals surface area contributed by atoms with Crippen molar-refractivity contribution >= 4 is 11.4 Å². The summed E-state index contributed by atoms with van der Waals surface area (Å²) in [5.74, 6) is -0.565. The van der Waals surface area contributed by atoms with Gasteiger partial charge in [0.2, 0.25) is 0 Å². The number of aryl methyl sites for hydroxylation is 1. The lowest BCUT2D eigenvalue weighted by Gasteiger charge is -2.20. The Balaban J connectivity index is 2.46. The molecule has 6 nitrogen and oxygen atoms in total. The van der Waals surface area contributed by atoms with Crippen molar-refractivity contribution in [2.75, 3.05) is 6.61 Å². The number of fused-ring (bicyclic) bond motifs is 1. The third kappa shape index (κ3) is 4.38. The number of carbonyl (C=O) groups excluding carboxylic acids is 1. The van der Waals surface area contributed by atoms with Crippen molar-refractivity contribution in [3.8, 4) is 5.75 Å². The quantitative estimate of drug-likeness (QED) is 0.839. The molecule has 3 N–H and O–H groups in total. The van der Waals surface area contributed by atoms with Crippen LogP contribution in [0.1, 0.15) is 36.3 Å². The van der Waals surface area contributed by atoms with Crippen LogP contribution >= 0.6 is 0 Å². The highest BCUT2D eigenvalue weighted by molar-refractivity contribution is 5.99. The molecule has 2 aromatic rings. The van der Waals surface area contributed by atoms with Gasteiger partial charge in [0.05, 0.1) is 28.6 Å². The maximum absolute atomic E-state index is 12.6. The summed E-state index contributed by atoms with van der Waals surface area (Å²) in [6, 6.07) is 2.94. The Hall–Kier alpha value is -2.29. The van der Waals surface area contributed by atoms with Gasteiger partial charge in [0.15, 0.2) is 0 Å². The Morgan fingerprint density at radius 1 is 1.38 bits per heavy atom. The highest BCUT2D eigenvalue weighted by atomic mass is 19.4. The number of ether oxygens (including phenoxy) is 1. The number of pyridine rings is 1. The zero-order valence-corrected chi connectivity index (χ0v) is 13.2. The van der Waals surface area contributed by atoms with E-state index in [1.54, 1.807) is 0 Å². The molecule has 0 fully saturated rings. The van der Waals surface area contributed by atoms with E-state index in [4.69, 9.17) is 10.5 Å². The van der Waals surface area contributed by atoms with Gasteiger partial charge in [-0.15, -0.1) is 0 Å². The summed E-state index contributed by atoms with van der Waals surface area (Å²) in [5.41, 5.74) is 4.64. The zero-order valence-electron chi connectivity index (χ0n) is 13.2. The largest absolute Gasteiger partial charge is 0.489 e. The van der Waals surface area contributed by atoms with Crippen molar-refractivity contribution in [1.82, 2.24) is 9.61 Å². The highest BCUT2D eigenvalue weighted by Crippen LogP contribution is 2.28. The van der Waals surface area contributed by atoms with Crippen LogP contribution in [0.2, 0.25) is 0 Å². The van der Waals surface area contributed by atoms with Gasteiger partial charge in [0, 0.05) is 12.8 Å². The molecular weight excluding hydrogens is 327 g/mol.